The first-order valence-corrected chi connectivity index (χ1v) is 10.3. The fourth-order valence-corrected chi connectivity index (χ4v) is 3.54. The van der Waals surface area contributed by atoms with E-state index in [2.05, 4.69) is 29.5 Å². The zero-order valence-corrected chi connectivity index (χ0v) is 17.2. The van der Waals surface area contributed by atoms with Gasteiger partial charge in [-0.15, -0.1) is 0 Å². The van der Waals surface area contributed by atoms with Crippen molar-refractivity contribution in [2.75, 3.05) is 33.4 Å². The number of nitrogens with zero attached hydrogens (tertiary/aromatic N) is 2. The van der Waals surface area contributed by atoms with Gasteiger partial charge in [-0.05, 0) is 43.6 Å². The van der Waals surface area contributed by atoms with Gasteiger partial charge in [0.05, 0.1) is 13.2 Å². The molecule has 0 bridgehead atoms. The summed E-state index contributed by atoms with van der Waals surface area (Å²) < 4.78 is 10.9. The molecule has 1 aliphatic rings. The van der Waals surface area contributed by atoms with Gasteiger partial charge in [-0.3, -0.25) is 0 Å². The van der Waals surface area contributed by atoms with E-state index < -0.39 is 0 Å². The van der Waals surface area contributed by atoms with Crippen molar-refractivity contribution in [2.24, 2.45) is 10.4 Å². The van der Waals surface area contributed by atoms with Crippen LogP contribution in [0.2, 0.25) is 0 Å². The third-order valence-electron chi connectivity index (χ3n) is 5.15. The Hall–Kier alpha value is -1.82. The van der Waals surface area contributed by atoms with Crippen LogP contribution >= 0.6 is 0 Å². The van der Waals surface area contributed by atoms with Crippen LogP contribution in [0.25, 0.3) is 0 Å². The van der Waals surface area contributed by atoms with Gasteiger partial charge in [0.2, 0.25) is 5.88 Å². The van der Waals surface area contributed by atoms with Crippen LogP contribution in [0.3, 0.4) is 0 Å². The number of rotatable bonds is 11. The van der Waals surface area contributed by atoms with E-state index in [1.54, 1.807) is 7.11 Å². The minimum atomic E-state index is 0.339. The molecule has 0 unspecified atom stereocenters. The fourth-order valence-electron chi connectivity index (χ4n) is 3.54. The van der Waals surface area contributed by atoms with Gasteiger partial charge in [-0.2, -0.15) is 0 Å². The molecule has 152 valence electrons. The first-order chi connectivity index (χ1) is 13.2. The number of hydrogen-bond donors (Lipinski definition) is 2. The zero-order chi connectivity index (χ0) is 19.4. The van der Waals surface area contributed by atoms with Gasteiger partial charge in [-0.25, -0.2) is 9.98 Å². The topological polar surface area (TPSA) is 67.8 Å². The molecule has 0 aromatic carbocycles. The van der Waals surface area contributed by atoms with E-state index in [0.29, 0.717) is 24.4 Å². The summed E-state index contributed by atoms with van der Waals surface area (Å²) in [6.07, 6.45) is 9.11. The molecular formula is C21H36N4O2. The third-order valence-corrected chi connectivity index (χ3v) is 5.15. The molecule has 6 heteroatoms. The van der Waals surface area contributed by atoms with Gasteiger partial charge in [0.1, 0.15) is 0 Å². The number of ether oxygens (including phenoxy) is 2. The van der Waals surface area contributed by atoms with Crippen molar-refractivity contribution in [3.63, 3.8) is 0 Å². The van der Waals surface area contributed by atoms with E-state index in [9.17, 15) is 0 Å². The lowest BCUT2D eigenvalue weighted by Gasteiger charge is -2.30. The standard InChI is InChI=1S/C21H36N4O2/c1-4-13-27-19-9-8-18(15-23-19)16-24-20(22-5-2)25-17-21(12-14-26-3)10-6-7-11-21/h8-9,15H,4-7,10-14,16-17H2,1-3H3,(H2,22,24,25). The molecule has 1 aliphatic carbocycles. The largest absolute Gasteiger partial charge is 0.478 e. The highest BCUT2D eigenvalue weighted by atomic mass is 16.5. The second-order valence-corrected chi connectivity index (χ2v) is 7.35. The summed E-state index contributed by atoms with van der Waals surface area (Å²) >= 11 is 0. The molecule has 6 nitrogen and oxygen atoms in total. The Kier molecular flexibility index (Phi) is 9.39. The van der Waals surface area contributed by atoms with Gasteiger partial charge in [0, 0.05) is 39.1 Å². The van der Waals surface area contributed by atoms with E-state index in [1.807, 2.05) is 18.3 Å². The maximum absolute atomic E-state index is 5.53. The van der Waals surface area contributed by atoms with Crippen LogP contribution in [0.5, 0.6) is 5.88 Å². The molecule has 2 N–H and O–H groups in total. The number of nitrogens with one attached hydrogen (secondary N) is 2. The second-order valence-electron chi connectivity index (χ2n) is 7.35. The monoisotopic (exact) mass is 376 g/mol. The highest BCUT2D eigenvalue weighted by molar-refractivity contribution is 5.79. The zero-order valence-electron chi connectivity index (χ0n) is 17.2. The van der Waals surface area contributed by atoms with E-state index in [-0.39, 0.29) is 0 Å². The molecular weight excluding hydrogens is 340 g/mol. The number of methoxy groups -OCH3 is 1. The quantitative estimate of drug-likeness (QED) is 0.457. The SMILES string of the molecule is CCCOc1ccc(CN=C(NCC)NCC2(CCOC)CCCC2)cn1. The van der Waals surface area contributed by atoms with Crippen LogP contribution < -0.4 is 15.4 Å². The molecule has 0 spiro atoms. The third kappa shape index (κ3) is 7.37. The van der Waals surface area contributed by atoms with Crippen molar-refractivity contribution >= 4 is 5.96 Å². The van der Waals surface area contributed by atoms with Gasteiger partial charge in [0.15, 0.2) is 5.96 Å². The summed E-state index contributed by atoms with van der Waals surface area (Å²) in [4.78, 5) is 9.08. The first kappa shape index (κ1) is 21.5. The summed E-state index contributed by atoms with van der Waals surface area (Å²) in [7, 11) is 1.79. The molecule has 1 heterocycles. The Labute approximate surface area is 164 Å². The summed E-state index contributed by atoms with van der Waals surface area (Å²) in [6.45, 7) is 8.10. The van der Waals surface area contributed by atoms with Crippen LogP contribution in [-0.2, 0) is 11.3 Å². The minimum Gasteiger partial charge on any atom is -0.478 e. The van der Waals surface area contributed by atoms with Gasteiger partial charge in [-0.1, -0.05) is 25.8 Å². The average molecular weight is 377 g/mol. The van der Waals surface area contributed by atoms with Crippen LogP contribution in [0.1, 0.15) is 57.9 Å². The molecule has 2 rings (SSSR count). The number of pyridine rings is 1. The van der Waals surface area contributed by atoms with Gasteiger partial charge < -0.3 is 20.1 Å². The van der Waals surface area contributed by atoms with Gasteiger partial charge >= 0.3 is 0 Å². The number of guanidine groups is 1. The lowest BCUT2D eigenvalue weighted by molar-refractivity contribution is 0.138. The Morgan fingerprint density at radius 3 is 2.63 bits per heavy atom. The van der Waals surface area contributed by atoms with Crippen molar-refractivity contribution in [3.8, 4) is 5.88 Å². The van der Waals surface area contributed by atoms with Crippen LogP contribution in [0.15, 0.2) is 23.3 Å². The first-order valence-electron chi connectivity index (χ1n) is 10.3. The van der Waals surface area contributed by atoms with Crippen molar-refractivity contribution in [2.45, 2.75) is 58.9 Å². The molecule has 1 aromatic heterocycles. The lowest BCUT2D eigenvalue weighted by atomic mass is 9.83. The number of hydrogen-bond acceptors (Lipinski definition) is 4. The Morgan fingerprint density at radius 2 is 2.00 bits per heavy atom. The predicted molar refractivity (Wildman–Crippen MR) is 110 cm³/mol. The molecule has 1 aromatic rings. The summed E-state index contributed by atoms with van der Waals surface area (Å²) in [5.74, 6) is 1.54. The lowest BCUT2D eigenvalue weighted by Crippen LogP contribution is -2.43. The van der Waals surface area contributed by atoms with Crippen LogP contribution in [-0.4, -0.2) is 44.4 Å². The van der Waals surface area contributed by atoms with Crippen LogP contribution in [0, 0.1) is 5.41 Å². The maximum Gasteiger partial charge on any atom is 0.213 e. The normalized spacial score (nSPS) is 16.3. The van der Waals surface area contributed by atoms with Gasteiger partial charge in [0.25, 0.3) is 0 Å². The molecule has 1 saturated carbocycles. The molecule has 1 fully saturated rings. The van der Waals surface area contributed by atoms with E-state index >= 15 is 0 Å². The van der Waals surface area contributed by atoms with E-state index in [4.69, 9.17) is 14.5 Å². The highest BCUT2D eigenvalue weighted by Gasteiger charge is 2.33. The average Bonchev–Trinajstić information content (AvgIpc) is 3.17. The summed E-state index contributed by atoms with van der Waals surface area (Å²) in [5, 5.41) is 6.91. The summed E-state index contributed by atoms with van der Waals surface area (Å²) in [5.41, 5.74) is 1.41. The predicted octanol–water partition coefficient (Wildman–Crippen LogP) is 3.52. The molecule has 0 amide bonds. The van der Waals surface area contributed by atoms with Crippen molar-refractivity contribution in [1.82, 2.24) is 15.6 Å². The molecule has 0 saturated heterocycles. The van der Waals surface area contributed by atoms with Crippen molar-refractivity contribution in [1.29, 1.82) is 0 Å². The van der Waals surface area contributed by atoms with Crippen molar-refractivity contribution < 1.29 is 9.47 Å². The molecule has 27 heavy (non-hydrogen) atoms. The Morgan fingerprint density at radius 1 is 1.19 bits per heavy atom. The van der Waals surface area contributed by atoms with E-state index in [1.165, 1.54) is 25.7 Å². The molecule has 0 aliphatic heterocycles. The number of aliphatic imine (C=N–C) groups is 1. The van der Waals surface area contributed by atoms with Crippen molar-refractivity contribution in [3.05, 3.63) is 23.9 Å². The summed E-state index contributed by atoms with van der Waals surface area (Å²) in [6, 6.07) is 3.95. The molecule has 0 atom stereocenters. The maximum atomic E-state index is 5.53. The minimum absolute atomic E-state index is 0.339. The van der Waals surface area contributed by atoms with Crippen LogP contribution in [0.4, 0.5) is 0 Å². The molecule has 0 radical (unpaired) electrons. The number of aromatic nitrogens is 1. The highest BCUT2D eigenvalue weighted by Crippen LogP contribution is 2.40. The Bertz CT molecular complexity index is 554. The fraction of sp³-hybridized carbons (Fsp3) is 0.714. The second kappa shape index (κ2) is 11.8. The van der Waals surface area contributed by atoms with E-state index in [0.717, 1.165) is 44.1 Å². The smallest absolute Gasteiger partial charge is 0.213 e. The Balaban J connectivity index is 1.91.